The maximum Gasteiger partial charge on any atom is 0.164 e. The van der Waals surface area contributed by atoms with Gasteiger partial charge in [-0.25, -0.2) is 15.0 Å². The molecule has 0 radical (unpaired) electrons. The lowest BCUT2D eigenvalue weighted by Gasteiger charge is -2.21. The summed E-state index contributed by atoms with van der Waals surface area (Å²) in [5, 5.41) is 11.4. The van der Waals surface area contributed by atoms with E-state index < -0.39 is 0 Å². The lowest BCUT2D eigenvalue weighted by molar-refractivity contribution is 0.660. The van der Waals surface area contributed by atoms with Crippen molar-refractivity contribution in [3.05, 3.63) is 150 Å². The second-order valence-electron chi connectivity index (χ2n) is 12.1. The summed E-state index contributed by atoms with van der Waals surface area (Å²) in [6.45, 7) is 4.58. The fraction of sp³-hybridized carbons (Fsp3) is 0.0732. The molecule has 1 aliphatic rings. The summed E-state index contributed by atoms with van der Waals surface area (Å²) in [6.07, 6.45) is 0. The Kier molecular flexibility index (Phi) is 6.15. The van der Waals surface area contributed by atoms with E-state index in [1.54, 1.807) is 0 Å². The first-order chi connectivity index (χ1) is 22.0. The normalized spacial score (nSPS) is 12.8. The molecule has 7 aromatic rings. The molecule has 4 heteroatoms. The van der Waals surface area contributed by atoms with Gasteiger partial charge in [-0.3, -0.25) is 0 Å². The third kappa shape index (κ3) is 4.58. The molecule has 1 aliphatic carbocycles. The first kappa shape index (κ1) is 26.7. The maximum atomic E-state index is 9.24. The van der Waals surface area contributed by atoms with Gasteiger partial charge in [-0.15, -0.1) is 0 Å². The summed E-state index contributed by atoms with van der Waals surface area (Å²) < 4.78 is 0. The van der Waals surface area contributed by atoms with E-state index in [4.69, 9.17) is 15.0 Å². The molecule has 212 valence electrons. The second kappa shape index (κ2) is 10.4. The van der Waals surface area contributed by atoms with Crippen LogP contribution in [0.3, 0.4) is 0 Å². The zero-order chi connectivity index (χ0) is 30.5. The van der Waals surface area contributed by atoms with Crippen LogP contribution in [0.4, 0.5) is 0 Å². The summed E-state index contributed by atoms with van der Waals surface area (Å²) in [5.41, 5.74) is 10.8. The molecular formula is C41H28N4. The van der Waals surface area contributed by atoms with Gasteiger partial charge in [-0.2, -0.15) is 5.26 Å². The summed E-state index contributed by atoms with van der Waals surface area (Å²) in [6, 6.07) is 48.1. The predicted octanol–water partition coefficient (Wildman–Crippen LogP) is 9.87. The first-order valence-electron chi connectivity index (χ1n) is 15.1. The van der Waals surface area contributed by atoms with Gasteiger partial charge in [0.15, 0.2) is 17.5 Å². The van der Waals surface area contributed by atoms with Crippen LogP contribution >= 0.6 is 0 Å². The van der Waals surface area contributed by atoms with Gasteiger partial charge in [-0.1, -0.05) is 123 Å². The zero-order valence-electron chi connectivity index (χ0n) is 25.0. The minimum Gasteiger partial charge on any atom is -0.208 e. The smallest absolute Gasteiger partial charge is 0.164 e. The average molecular weight is 577 g/mol. The molecule has 0 spiro atoms. The number of hydrogen-bond acceptors (Lipinski definition) is 4. The third-order valence-electron chi connectivity index (χ3n) is 8.95. The predicted molar refractivity (Wildman–Crippen MR) is 181 cm³/mol. The van der Waals surface area contributed by atoms with Gasteiger partial charge in [0.2, 0.25) is 0 Å². The minimum absolute atomic E-state index is 0.114. The van der Waals surface area contributed by atoms with E-state index in [2.05, 4.69) is 105 Å². The Morgan fingerprint density at radius 3 is 1.78 bits per heavy atom. The molecule has 0 atom stereocenters. The molecule has 0 saturated heterocycles. The van der Waals surface area contributed by atoms with Gasteiger partial charge in [0.25, 0.3) is 0 Å². The van der Waals surface area contributed by atoms with Crippen molar-refractivity contribution < 1.29 is 0 Å². The van der Waals surface area contributed by atoms with Crippen LogP contribution in [-0.4, -0.2) is 15.0 Å². The molecule has 45 heavy (non-hydrogen) atoms. The summed E-state index contributed by atoms with van der Waals surface area (Å²) >= 11 is 0. The van der Waals surface area contributed by atoms with E-state index in [-0.39, 0.29) is 5.41 Å². The quantitative estimate of drug-likeness (QED) is 0.209. The van der Waals surface area contributed by atoms with Crippen molar-refractivity contribution in [2.75, 3.05) is 0 Å². The van der Waals surface area contributed by atoms with Crippen molar-refractivity contribution in [2.45, 2.75) is 19.3 Å². The molecule has 6 aromatic carbocycles. The van der Waals surface area contributed by atoms with Gasteiger partial charge in [0.1, 0.15) is 0 Å². The zero-order valence-corrected chi connectivity index (χ0v) is 25.0. The molecule has 0 saturated carbocycles. The van der Waals surface area contributed by atoms with E-state index in [0.29, 0.717) is 23.0 Å². The van der Waals surface area contributed by atoms with Gasteiger partial charge >= 0.3 is 0 Å². The lowest BCUT2D eigenvalue weighted by Crippen LogP contribution is -2.15. The Morgan fingerprint density at radius 2 is 1.02 bits per heavy atom. The third-order valence-corrected chi connectivity index (χ3v) is 8.95. The van der Waals surface area contributed by atoms with E-state index in [0.717, 1.165) is 38.6 Å². The van der Waals surface area contributed by atoms with Crippen LogP contribution < -0.4 is 0 Å². The van der Waals surface area contributed by atoms with Gasteiger partial charge < -0.3 is 0 Å². The fourth-order valence-electron chi connectivity index (χ4n) is 6.50. The highest BCUT2D eigenvalue weighted by molar-refractivity contribution is 5.88. The summed E-state index contributed by atoms with van der Waals surface area (Å²) in [5.74, 6) is 1.94. The van der Waals surface area contributed by atoms with Crippen molar-refractivity contribution in [3.8, 4) is 62.5 Å². The number of rotatable bonds is 4. The van der Waals surface area contributed by atoms with E-state index >= 15 is 0 Å². The number of hydrogen-bond donors (Lipinski definition) is 0. The van der Waals surface area contributed by atoms with Gasteiger partial charge in [-0.05, 0) is 68.4 Å². The molecule has 0 aliphatic heterocycles. The van der Waals surface area contributed by atoms with Crippen LogP contribution in [0.25, 0.3) is 67.2 Å². The maximum absolute atomic E-state index is 9.24. The summed E-state index contributed by atoms with van der Waals surface area (Å²) in [4.78, 5) is 15.0. The van der Waals surface area contributed by atoms with Crippen LogP contribution in [-0.2, 0) is 5.41 Å². The molecule has 1 aromatic heterocycles. The highest BCUT2D eigenvalue weighted by Gasteiger charge is 2.35. The minimum atomic E-state index is -0.114. The van der Waals surface area contributed by atoms with Crippen LogP contribution in [0.2, 0.25) is 0 Å². The Hall–Kier alpha value is -5.92. The molecule has 0 unspecified atom stereocenters. The Bertz CT molecular complexity index is 2300. The van der Waals surface area contributed by atoms with Crippen molar-refractivity contribution in [1.82, 2.24) is 15.0 Å². The monoisotopic (exact) mass is 576 g/mol. The molecular weight excluding hydrogens is 548 g/mol. The van der Waals surface area contributed by atoms with Crippen LogP contribution in [0.5, 0.6) is 0 Å². The topological polar surface area (TPSA) is 62.5 Å². The van der Waals surface area contributed by atoms with E-state index in [1.807, 2.05) is 48.5 Å². The molecule has 0 amide bonds. The van der Waals surface area contributed by atoms with Gasteiger partial charge in [0.05, 0.1) is 11.6 Å². The van der Waals surface area contributed by atoms with Gasteiger partial charge in [0, 0.05) is 22.1 Å². The highest BCUT2D eigenvalue weighted by atomic mass is 15.0. The Labute approximate surface area is 262 Å². The number of aromatic nitrogens is 3. The lowest BCUT2D eigenvalue weighted by atomic mass is 9.82. The number of nitrogens with zero attached hydrogens (tertiary/aromatic N) is 4. The van der Waals surface area contributed by atoms with Crippen molar-refractivity contribution in [2.24, 2.45) is 0 Å². The number of nitriles is 1. The second-order valence-corrected chi connectivity index (χ2v) is 12.1. The Morgan fingerprint density at radius 1 is 0.467 bits per heavy atom. The molecule has 0 N–H and O–H groups in total. The number of fused-ring (bicyclic) bond motifs is 4. The molecule has 0 fully saturated rings. The van der Waals surface area contributed by atoms with Crippen LogP contribution in [0.1, 0.15) is 30.5 Å². The molecule has 1 heterocycles. The van der Waals surface area contributed by atoms with E-state index in [1.165, 1.54) is 22.3 Å². The molecule has 8 rings (SSSR count). The molecule has 0 bridgehead atoms. The average Bonchev–Trinajstić information content (AvgIpc) is 3.33. The number of benzene rings is 6. The van der Waals surface area contributed by atoms with Crippen LogP contribution in [0, 0.1) is 11.3 Å². The van der Waals surface area contributed by atoms with Crippen molar-refractivity contribution in [1.29, 1.82) is 5.26 Å². The SMILES string of the molecule is CC1(C)c2ccccc2-c2ccc(-c3nc(-c4ccccc4)nc(-c4ccc(-c5ccc6cc(C#N)ccc6c5)cc4)n3)cc21. The Balaban J connectivity index is 1.20. The first-order valence-corrected chi connectivity index (χ1v) is 15.1. The highest BCUT2D eigenvalue weighted by Crippen LogP contribution is 2.49. The van der Waals surface area contributed by atoms with Crippen LogP contribution in [0.15, 0.2) is 133 Å². The van der Waals surface area contributed by atoms with Crippen molar-refractivity contribution >= 4 is 10.8 Å². The fourth-order valence-corrected chi connectivity index (χ4v) is 6.50. The standard InChI is InChI=1S/C41H28N4/c1-41(2)36-11-7-6-10-34(36)35-21-20-33(24-37(35)41)40-44-38(28-8-4-3-5-9-28)43-39(45-40)29-16-14-27(15-17-29)31-19-18-30-22-26(25-42)12-13-32(30)23-31/h3-24H,1-2H3. The summed E-state index contributed by atoms with van der Waals surface area (Å²) in [7, 11) is 0. The van der Waals surface area contributed by atoms with E-state index in [9.17, 15) is 5.26 Å². The van der Waals surface area contributed by atoms with Crippen molar-refractivity contribution in [3.63, 3.8) is 0 Å². The largest absolute Gasteiger partial charge is 0.208 e. The molecule has 4 nitrogen and oxygen atoms in total.